The second-order valence-corrected chi connectivity index (χ2v) is 4.17. The van der Waals surface area contributed by atoms with Gasteiger partial charge < -0.3 is 9.84 Å². The molecule has 2 aromatic rings. The van der Waals surface area contributed by atoms with Crippen LogP contribution in [0.5, 0.6) is 0 Å². The third kappa shape index (κ3) is 6.92. The van der Waals surface area contributed by atoms with Crippen LogP contribution in [0.1, 0.15) is 59.5 Å². The summed E-state index contributed by atoms with van der Waals surface area (Å²) in [6.45, 7) is 8.00. The monoisotopic (exact) mass is 340 g/mol. The van der Waals surface area contributed by atoms with Crippen LogP contribution in [-0.4, -0.2) is 24.2 Å². The normalized spacial score (nSPS) is 8.36. The zero-order chi connectivity index (χ0) is 19.2. The van der Waals surface area contributed by atoms with Crippen LogP contribution in [0.2, 0.25) is 0 Å². The second-order valence-electron chi connectivity index (χ2n) is 4.17. The Bertz CT molecular complexity index is 737. The minimum Gasteiger partial charge on any atom is -0.478 e. The van der Waals surface area contributed by atoms with Crippen molar-refractivity contribution in [1.29, 1.82) is 0 Å². The highest BCUT2D eigenvalue weighted by Crippen LogP contribution is 2.13. The molecular formula is C21H24O4. The minimum atomic E-state index is -1.18. The zero-order valence-electron chi connectivity index (χ0n) is 15.3. The Balaban J connectivity index is 0.00000134. The van der Waals surface area contributed by atoms with E-state index < -0.39 is 11.9 Å². The summed E-state index contributed by atoms with van der Waals surface area (Å²) in [7, 11) is 1.20. The number of carboxylic acid groups (broad SMARTS) is 1. The average Bonchev–Trinajstić information content (AvgIpc) is 2.69. The molecule has 0 atom stereocenters. The number of benzene rings is 2. The van der Waals surface area contributed by atoms with E-state index in [9.17, 15) is 9.59 Å². The minimum absolute atomic E-state index is 0.00939. The van der Waals surface area contributed by atoms with Crippen LogP contribution in [0.3, 0.4) is 0 Å². The van der Waals surface area contributed by atoms with Crippen molar-refractivity contribution in [3.8, 4) is 11.8 Å². The molecule has 0 heterocycles. The largest absolute Gasteiger partial charge is 0.478 e. The maximum Gasteiger partial charge on any atom is 0.338 e. The Labute approximate surface area is 149 Å². The molecule has 4 nitrogen and oxygen atoms in total. The molecule has 0 radical (unpaired) electrons. The second kappa shape index (κ2) is 12.4. The van der Waals surface area contributed by atoms with Gasteiger partial charge >= 0.3 is 11.9 Å². The van der Waals surface area contributed by atoms with Crippen molar-refractivity contribution in [2.24, 2.45) is 0 Å². The van der Waals surface area contributed by atoms with E-state index in [1.54, 1.807) is 6.07 Å². The van der Waals surface area contributed by atoms with Crippen LogP contribution in [-0.2, 0) is 4.74 Å². The highest BCUT2D eigenvalue weighted by molar-refractivity contribution is 6.02. The summed E-state index contributed by atoms with van der Waals surface area (Å²) in [6.07, 6.45) is 0. The number of aromatic carboxylic acids is 1. The molecule has 0 aliphatic carbocycles. The third-order valence-corrected chi connectivity index (χ3v) is 2.78. The van der Waals surface area contributed by atoms with Gasteiger partial charge in [-0.3, -0.25) is 0 Å². The first-order valence-electron chi connectivity index (χ1n) is 8.14. The van der Waals surface area contributed by atoms with Crippen LogP contribution >= 0.6 is 0 Å². The molecule has 132 valence electrons. The van der Waals surface area contributed by atoms with Crippen LogP contribution in [0.25, 0.3) is 0 Å². The fourth-order valence-corrected chi connectivity index (χ4v) is 1.75. The number of rotatable bonds is 2. The molecule has 0 aliphatic rings. The van der Waals surface area contributed by atoms with Gasteiger partial charge in [-0.05, 0) is 30.3 Å². The number of hydrogen-bond acceptors (Lipinski definition) is 3. The molecule has 4 heteroatoms. The van der Waals surface area contributed by atoms with E-state index in [1.165, 1.54) is 19.2 Å². The lowest BCUT2D eigenvalue weighted by Gasteiger charge is -2.04. The molecule has 0 fully saturated rings. The summed E-state index contributed by atoms with van der Waals surface area (Å²) in [5, 5.41) is 9.07. The van der Waals surface area contributed by atoms with E-state index in [1.807, 2.05) is 58.0 Å². The predicted molar refractivity (Wildman–Crippen MR) is 99.9 cm³/mol. The van der Waals surface area contributed by atoms with Crippen molar-refractivity contribution in [2.45, 2.75) is 27.7 Å². The van der Waals surface area contributed by atoms with Crippen LogP contribution < -0.4 is 0 Å². The molecular weight excluding hydrogens is 316 g/mol. The SMILES string of the molecule is CC.CC.COC(=O)c1cc(C#Cc2ccccc2)ccc1C(=O)O. The van der Waals surface area contributed by atoms with Gasteiger partial charge in [0.25, 0.3) is 0 Å². The Morgan fingerprint density at radius 2 is 1.40 bits per heavy atom. The fraction of sp³-hybridized carbons (Fsp3) is 0.238. The van der Waals surface area contributed by atoms with Gasteiger partial charge in [0.1, 0.15) is 0 Å². The Kier molecular flexibility index (Phi) is 10.9. The summed E-state index contributed by atoms with van der Waals surface area (Å²) in [5.74, 6) is 3.96. The maximum atomic E-state index is 11.6. The summed E-state index contributed by atoms with van der Waals surface area (Å²) < 4.78 is 4.59. The van der Waals surface area contributed by atoms with Crippen molar-refractivity contribution in [3.63, 3.8) is 0 Å². The first kappa shape index (κ1) is 21.9. The van der Waals surface area contributed by atoms with E-state index in [4.69, 9.17) is 5.11 Å². The maximum absolute atomic E-state index is 11.6. The molecule has 0 aliphatic heterocycles. The first-order valence-corrected chi connectivity index (χ1v) is 8.14. The van der Waals surface area contributed by atoms with Gasteiger partial charge in [0.15, 0.2) is 0 Å². The molecule has 0 bridgehead atoms. The molecule has 0 amide bonds. The van der Waals surface area contributed by atoms with E-state index in [2.05, 4.69) is 16.6 Å². The zero-order valence-corrected chi connectivity index (χ0v) is 15.3. The number of hydrogen-bond donors (Lipinski definition) is 1. The smallest absolute Gasteiger partial charge is 0.338 e. The summed E-state index contributed by atoms with van der Waals surface area (Å²) >= 11 is 0. The molecule has 0 aromatic heterocycles. The highest BCUT2D eigenvalue weighted by Gasteiger charge is 2.17. The molecule has 2 aromatic carbocycles. The van der Waals surface area contributed by atoms with Crippen molar-refractivity contribution < 1.29 is 19.4 Å². The standard InChI is InChI=1S/C17H12O4.2C2H6/c1-21-17(20)15-11-13(9-10-14(15)16(18)19)8-7-12-5-3-2-4-6-12;2*1-2/h2-6,9-11H,1H3,(H,18,19);2*1-2H3. The number of carboxylic acids is 1. The fourth-order valence-electron chi connectivity index (χ4n) is 1.75. The average molecular weight is 340 g/mol. The van der Waals surface area contributed by atoms with Crippen LogP contribution in [0, 0.1) is 11.8 Å². The molecule has 0 spiro atoms. The molecule has 0 saturated heterocycles. The molecule has 0 saturated carbocycles. The molecule has 2 rings (SSSR count). The van der Waals surface area contributed by atoms with E-state index >= 15 is 0 Å². The number of esters is 1. The topological polar surface area (TPSA) is 63.6 Å². The Morgan fingerprint density at radius 3 is 1.92 bits per heavy atom. The van der Waals surface area contributed by atoms with E-state index in [-0.39, 0.29) is 11.1 Å². The number of methoxy groups -OCH3 is 1. The van der Waals surface area contributed by atoms with E-state index in [0.29, 0.717) is 5.56 Å². The Morgan fingerprint density at radius 1 is 0.840 bits per heavy atom. The van der Waals surface area contributed by atoms with Crippen molar-refractivity contribution in [2.75, 3.05) is 7.11 Å². The summed E-state index contributed by atoms with van der Waals surface area (Å²) in [6, 6.07) is 13.7. The van der Waals surface area contributed by atoms with Crippen LogP contribution in [0.4, 0.5) is 0 Å². The summed E-state index contributed by atoms with van der Waals surface area (Å²) in [5.41, 5.74) is 1.26. The number of carbonyl (C=O) groups is 2. The van der Waals surface area contributed by atoms with Gasteiger partial charge in [-0.25, -0.2) is 9.59 Å². The van der Waals surface area contributed by atoms with Gasteiger partial charge in [-0.1, -0.05) is 57.7 Å². The van der Waals surface area contributed by atoms with Gasteiger partial charge in [0.05, 0.1) is 18.2 Å². The number of ether oxygens (including phenoxy) is 1. The lowest BCUT2D eigenvalue weighted by Crippen LogP contribution is -2.10. The van der Waals surface area contributed by atoms with Gasteiger partial charge in [-0.2, -0.15) is 0 Å². The Hall–Kier alpha value is -3.06. The van der Waals surface area contributed by atoms with Gasteiger partial charge in [-0.15, -0.1) is 0 Å². The quantitative estimate of drug-likeness (QED) is 0.640. The van der Waals surface area contributed by atoms with Crippen molar-refractivity contribution in [3.05, 3.63) is 70.8 Å². The lowest BCUT2D eigenvalue weighted by molar-refractivity contribution is 0.0582. The molecule has 25 heavy (non-hydrogen) atoms. The van der Waals surface area contributed by atoms with Gasteiger partial charge in [0.2, 0.25) is 0 Å². The highest BCUT2D eigenvalue weighted by atomic mass is 16.5. The van der Waals surface area contributed by atoms with Crippen LogP contribution in [0.15, 0.2) is 48.5 Å². The summed E-state index contributed by atoms with van der Waals surface area (Å²) in [4.78, 5) is 22.7. The lowest BCUT2D eigenvalue weighted by atomic mass is 10.0. The number of carbonyl (C=O) groups excluding carboxylic acids is 1. The first-order chi connectivity index (χ1) is 12.1. The van der Waals surface area contributed by atoms with Crippen molar-refractivity contribution >= 4 is 11.9 Å². The molecule has 0 unspecified atom stereocenters. The van der Waals surface area contributed by atoms with Crippen molar-refractivity contribution in [1.82, 2.24) is 0 Å². The van der Waals surface area contributed by atoms with Gasteiger partial charge in [0, 0.05) is 11.1 Å². The molecule has 1 N–H and O–H groups in total. The third-order valence-electron chi connectivity index (χ3n) is 2.78. The van der Waals surface area contributed by atoms with E-state index in [0.717, 1.165) is 5.56 Å². The predicted octanol–water partition coefficient (Wildman–Crippen LogP) is 4.62.